The second kappa shape index (κ2) is 12.9. The molecular formula is C34H41N7O5. The molecule has 0 unspecified atom stereocenters. The number of hydrogen-bond acceptors (Lipinski definition) is 8. The van der Waals surface area contributed by atoms with Gasteiger partial charge in [-0.3, -0.25) is 14.4 Å². The molecule has 2 atom stereocenters. The predicted molar refractivity (Wildman–Crippen MR) is 170 cm³/mol. The molecular weight excluding hydrogens is 586 g/mol. The van der Waals surface area contributed by atoms with Gasteiger partial charge < -0.3 is 24.5 Å². The highest BCUT2D eigenvalue weighted by molar-refractivity contribution is 5.95. The molecule has 0 spiro atoms. The van der Waals surface area contributed by atoms with Crippen molar-refractivity contribution < 1.29 is 18.9 Å². The number of carbonyl (C=O) groups excluding carboxylic acids is 3. The van der Waals surface area contributed by atoms with Gasteiger partial charge >= 0.3 is 5.76 Å². The Hall–Kier alpha value is -4.76. The number of nitrogens with one attached hydrogen (secondary N) is 1. The van der Waals surface area contributed by atoms with Crippen molar-refractivity contribution in [3.8, 4) is 6.07 Å². The fraction of sp³-hybridized carbons (Fsp3) is 0.471. The molecule has 242 valence electrons. The average Bonchev–Trinajstić information content (AvgIpc) is 3.62. The molecule has 1 fully saturated rings. The van der Waals surface area contributed by atoms with Crippen molar-refractivity contribution in [3.05, 3.63) is 86.2 Å². The van der Waals surface area contributed by atoms with E-state index in [0.717, 1.165) is 28.7 Å². The highest BCUT2D eigenvalue weighted by Crippen LogP contribution is 2.47. The zero-order chi connectivity index (χ0) is 33.3. The van der Waals surface area contributed by atoms with Crippen molar-refractivity contribution in [1.29, 1.82) is 5.26 Å². The number of nitrogens with zero attached hydrogens (tertiary/aromatic N) is 6. The van der Waals surface area contributed by atoms with Gasteiger partial charge in [0.2, 0.25) is 5.91 Å². The summed E-state index contributed by atoms with van der Waals surface area (Å²) < 4.78 is 6.83. The standard InChI is InChI=1S/C34H41N7O5/c1-21(36-20-29(42)41-15-7-8-26(41)19-35)18-34(32-37-33(45)46-40(32)6)27-13-11-24(30(43)38(2)3)16-22(27)9-10-23-17-25(12-14-28(23)34)31(44)39(4)5/h11-14,16-17,21,26,36H,7-10,15,18,20H2,1-6H3/t21-,26-/m0/s1. The Balaban J connectivity index is 1.67. The van der Waals surface area contributed by atoms with Crippen LogP contribution in [-0.2, 0) is 30.1 Å². The van der Waals surface area contributed by atoms with E-state index in [1.165, 1.54) is 14.5 Å². The molecule has 1 aliphatic carbocycles. The molecule has 3 amide bonds. The molecule has 0 bridgehead atoms. The van der Waals surface area contributed by atoms with Crippen molar-refractivity contribution in [2.75, 3.05) is 41.3 Å². The lowest BCUT2D eigenvalue weighted by molar-refractivity contribution is -0.130. The first-order valence-electron chi connectivity index (χ1n) is 15.5. The molecule has 0 saturated carbocycles. The third-order valence-corrected chi connectivity index (χ3v) is 9.13. The van der Waals surface area contributed by atoms with E-state index in [1.54, 1.807) is 52.3 Å². The van der Waals surface area contributed by atoms with Gasteiger partial charge in [-0.15, -0.1) is 0 Å². The number of amides is 3. The maximum Gasteiger partial charge on any atom is 0.459 e. The number of nitriles is 1. The molecule has 0 radical (unpaired) electrons. The lowest BCUT2D eigenvalue weighted by Crippen LogP contribution is -2.46. The minimum atomic E-state index is -1.06. The Kier molecular flexibility index (Phi) is 9.17. The second-order valence-corrected chi connectivity index (χ2v) is 12.7. The third-order valence-electron chi connectivity index (χ3n) is 9.13. The van der Waals surface area contributed by atoms with Crippen LogP contribution in [0.5, 0.6) is 0 Å². The minimum absolute atomic E-state index is 0.0411. The smallest absolute Gasteiger partial charge is 0.345 e. The first-order valence-corrected chi connectivity index (χ1v) is 15.5. The predicted octanol–water partition coefficient (Wildman–Crippen LogP) is 2.09. The van der Waals surface area contributed by atoms with Crippen LogP contribution in [0, 0.1) is 11.3 Å². The number of fused-ring (bicyclic) bond motifs is 2. The van der Waals surface area contributed by atoms with Gasteiger partial charge in [0.05, 0.1) is 18.0 Å². The van der Waals surface area contributed by atoms with E-state index in [4.69, 9.17) is 4.52 Å². The van der Waals surface area contributed by atoms with E-state index >= 15 is 0 Å². The topological polar surface area (TPSA) is 145 Å². The molecule has 1 aliphatic heterocycles. The van der Waals surface area contributed by atoms with E-state index < -0.39 is 17.2 Å². The van der Waals surface area contributed by atoms with E-state index in [1.807, 2.05) is 31.2 Å². The number of benzene rings is 2. The molecule has 12 nitrogen and oxygen atoms in total. The normalized spacial score (nSPS) is 17.3. The number of aryl methyl sites for hydroxylation is 3. The molecule has 1 N–H and O–H groups in total. The fourth-order valence-electron chi connectivity index (χ4n) is 6.98. The fourth-order valence-corrected chi connectivity index (χ4v) is 6.98. The molecule has 12 heteroatoms. The summed E-state index contributed by atoms with van der Waals surface area (Å²) in [6, 6.07) is 12.8. The van der Waals surface area contributed by atoms with Crippen LogP contribution in [0.1, 0.15) is 75.0 Å². The Labute approximate surface area is 268 Å². The molecule has 1 saturated heterocycles. The van der Waals surface area contributed by atoms with Crippen LogP contribution < -0.4 is 11.1 Å². The summed E-state index contributed by atoms with van der Waals surface area (Å²) in [5.41, 5.74) is 3.57. The SMILES string of the molecule is C[C@@H](CC1(c2nc(=O)on2C)c2ccc(C(=O)N(C)C)cc2CCc2cc(C(=O)N(C)C)ccc21)NCC(=O)N1CCC[C@H]1C#N. The van der Waals surface area contributed by atoms with Crippen molar-refractivity contribution in [2.45, 2.75) is 56.5 Å². The van der Waals surface area contributed by atoms with Gasteiger partial charge in [-0.05, 0) is 85.5 Å². The van der Waals surface area contributed by atoms with Crippen molar-refractivity contribution in [3.63, 3.8) is 0 Å². The van der Waals surface area contributed by atoms with Gasteiger partial charge in [-0.1, -0.05) is 12.1 Å². The van der Waals surface area contributed by atoms with Crippen molar-refractivity contribution in [1.82, 2.24) is 29.7 Å². The number of likely N-dealkylation sites (tertiary alicyclic amines) is 1. The Morgan fingerprint density at radius 3 is 2.09 bits per heavy atom. The van der Waals surface area contributed by atoms with Gasteiger partial charge in [0.25, 0.3) is 11.8 Å². The average molecular weight is 628 g/mol. The summed E-state index contributed by atoms with van der Waals surface area (Å²) in [5.74, 6) is -0.762. The van der Waals surface area contributed by atoms with Crippen LogP contribution in [0.25, 0.3) is 0 Å². The summed E-state index contributed by atoms with van der Waals surface area (Å²) in [5, 5.41) is 12.9. The lowest BCUT2D eigenvalue weighted by Gasteiger charge is -2.37. The molecule has 2 heterocycles. The molecule has 3 aromatic rings. The molecule has 1 aromatic heterocycles. The molecule has 2 aromatic carbocycles. The lowest BCUT2D eigenvalue weighted by atomic mass is 9.67. The van der Waals surface area contributed by atoms with Crippen LogP contribution in [0.3, 0.4) is 0 Å². The number of carbonyl (C=O) groups is 3. The second-order valence-electron chi connectivity index (χ2n) is 12.7. The number of hydrogen-bond donors (Lipinski definition) is 1. The van der Waals surface area contributed by atoms with Crippen LogP contribution in [0.4, 0.5) is 0 Å². The maximum atomic E-state index is 13.2. The van der Waals surface area contributed by atoms with Crippen LogP contribution >= 0.6 is 0 Å². The number of aromatic nitrogens is 2. The van der Waals surface area contributed by atoms with E-state index in [2.05, 4.69) is 16.4 Å². The van der Waals surface area contributed by atoms with E-state index in [0.29, 0.717) is 49.2 Å². The monoisotopic (exact) mass is 627 g/mol. The summed E-state index contributed by atoms with van der Waals surface area (Å²) >= 11 is 0. The summed E-state index contributed by atoms with van der Waals surface area (Å²) in [6.07, 6.45) is 2.99. The minimum Gasteiger partial charge on any atom is -0.345 e. The van der Waals surface area contributed by atoms with Gasteiger partial charge in [0.15, 0.2) is 5.82 Å². The zero-order valence-electron chi connectivity index (χ0n) is 27.3. The van der Waals surface area contributed by atoms with Gasteiger partial charge in [-0.2, -0.15) is 15.0 Å². The first kappa shape index (κ1) is 32.6. The Bertz CT molecular complexity index is 1690. The summed E-state index contributed by atoms with van der Waals surface area (Å²) in [7, 11) is 8.47. The Morgan fingerprint density at radius 1 is 1.04 bits per heavy atom. The Morgan fingerprint density at radius 2 is 1.61 bits per heavy atom. The highest BCUT2D eigenvalue weighted by Gasteiger charge is 2.46. The van der Waals surface area contributed by atoms with Crippen molar-refractivity contribution >= 4 is 17.7 Å². The van der Waals surface area contributed by atoms with E-state index in [-0.39, 0.29) is 30.3 Å². The van der Waals surface area contributed by atoms with Gasteiger partial charge in [0, 0.05) is 59.0 Å². The van der Waals surface area contributed by atoms with Crippen LogP contribution in [0.2, 0.25) is 0 Å². The van der Waals surface area contributed by atoms with Gasteiger partial charge in [0.1, 0.15) is 6.04 Å². The van der Waals surface area contributed by atoms with Crippen LogP contribution in [-0.4, -0.2) is 95.5 Å². The largest absolute Gasteiger partial charge is 0.459 e. The zero-order valence-corrected chi connectivity index (χ0v) is 27.3. The number of rotatable bonds is 8. The van der Waals surface area contributed by atoms with E-state index in [9.17, 15) is 24.4 Å². The summed E-state index contributed by atoms with van der Waals surface area (Å²) in [4.78, 5) is 61.0. The molecule has 5 rings (SSSR count). The third kappa shape index (κ3) is 5.95. The molecule has 2 aliphatic rings. The summed E-state index contributed by atoms with van der Waals surface area (Å²) in [6.45, 7) is 2.57. The molecule has 46 heavy (non-hydrogen) atoms. The first-order chi connectivity index (χ1) is 21.9. The van der Waals surface area contributed by atoms with Crippen LogP contribution in [0.15, 0.2) is 45.7 Å². The highest BCUT2D eigenvalue weighted by atomic mass is 16.5. The maximum absolute atomic E-state index is 13.2. The quantitative estimate of drug-likeness (QED) is 0.400. The van der Waals surface area contributed by atoms with Gasteiger partial charge in [-0.25, -0.2) is 4.79 Å². The van der Waals surface area contributed by atoms with Crippen molar-refractivity contribution in [2.24, 2.45) is 7.05 Å².